The molecule has 4 nitrogen and oxygen atoms in total. The minimum absolute atomic E-state index is 0.203. The topological polar surface area (TPSA) is 52.5 Å². The molecule has 2 heterocycles. The molecule has 0 aliphatic carbocycles. The lowest BCUT2D eigenvalue weighted by Gasteiger charge is -2.21. The summed E-state index contributed by atoms with van der Waals surface area (Å²) in [6, 6.07) is 12.0. The van der Waals surface area contributed by atoms with E-state index in [1.54, 1.807) is 4.48 Å². The molecule has 0 spiro atoms. The number of nitrogens with zero attached hydrogens (tertiary/aromatic N) is 2. The predicted octanol–water partition coefficient (Wildman–Crippen LogP) is 4.77. The van der Waals surface area contributed by atoms with Gasteiger partial charge in [-0.05, 0) is 94.4 Å². The molecule has 3 rings (SSSR count). The first-order valence-electron chi connectivity index (χ1n) is 9.87. The first kappa shape index (κ1) is 20.9. The minimum Gasteiger partial charge on any atom is -0.488 e. The van der Waals surface area contributed by atoms with Crippen molar-refractivity contribution >= 4 is 25.3 Å². The fraction of sp³-hybridized carbons (Fsp3) is 0.292. The molecule has 0 fully saturated rings. The van der Waals surface area contributed by atoms with Crippen LogP contribution in [-0.4, -0.2) is 30.3 Å². The molecule has 148 valence electrons. The molecule has 0 atom stereocenters. The highest BCUT2D eigenvalue weighted by molar-refractivity contribution is 6.11. The molecule has 2 N–H and O–H groups in total. The molecule has 1 aromatic heterocycles. The number of aromatic nitrogens is 1. The Bertz CT molecular complexity index is 986. The van der Waals surface area contributed by atoms with Crippen molar-refractivity contribution in [3.63, 3.8) is 0 Å². The first-order valence-corrected chi connectivity index (χ1v) is 9.87. The number of rotatable bonds is 6. The zero-order chi connectivity index (χ0) is 21.0. The summed E-state index contributed by atoms with van der Waals surface area (Å²) in [4.78, 5) is 4.83. The van der Waals surface area contributed by atoms with Crippen molar-refractivity contribution in [2.45, 2.75) is 39.7 Å². The lowest BCUT2D eigenvalue weighted by molar-refractivity contribution is 0.131. The minimum atomic E-state index is -0.203. The number of benzene rings is 1. The SMILES string of the molecule is [B]n1cccc1/C(CCN)=C1N=C(/C=C/c2ccc(OC(C)(C)C)cc2)C=C\1C. The van der Waals surface area contributed by atoms with Crippen molar-refractivity contribution in [1.29, 1.82) is 0 Å². The quantitative estimate of drug-likeness (QED) is 0.729. The van der Waals surface area contributed by atoms with E-state index in [2.05, 4.69) is 19.1 Å². The van der Waals surface area contributed by atoms with E-state index in [0.29, 0.717) is 6.54 Å². The summed E-state index contributed by atoms with van der Waals surface area (Å²) in [6.45, 7) is 8.73. The molecule has 0 bridgehead atoms. The molecule has 29 heavy (non-hydrogen) atoms. The van der Waals surface area contributed by atoms with Crippen LogP contribution in [-0.2, 0) is 0 Å². The van der Waals surface area contributed by atoms with E-state index in [1.165, 1.54) is 0 Å². The first-order chi connectivity index (χ1) is 13.8. The Morgan fingerprint density at radius 2 is 1.90 bits per heavy atom. The Balaban J connectivity index is 1.82. The maximum atomic E-state index is 6.05. The normalized spacial score (nSPS) is 16.2. The van der Waals surface area contributed by atoms with Crippen LogP contribution in [0.25, 0.3) is 11.6 Å². The molecule has 1 aliphatic rings. The summed E-state index contributed by atoms with van der Waals surface area (Å²) in [7, 11) is 6.05. The Hall–Kier alpha value is -2.79. The largest absolute Gasteiger partial charge is 0.488 e. The smallest absolute Gasteiger partial charge is 0.234 e. The summed E-state index contributed by atoms with van der Waals surface area (Å²) >= 11 is 0. The van der Waals surface area contributed by atoms with Crippen LogP contribution in [0, 0.1) is 0 Å². The third-order valence-electron chi connectivity index (χ3n) is 4.50. The fourth-order valence-electron chi connectivity index (χ4n) is 3.27. The van der Waals surface area contributed by atoms with Gasteiger partial charge in [0.2, 0.25) is 7.98 Å². The second-order valence-corrected chi connectivity index (χ2v) is 8.15. The molecular weight excluding hydrogens is 357 g/mol. The van der Waals surface area contributed by atoms with Gasteiger partial charge in [-0.15, -0.1) is 0 Å². The number of hydrogen-bond acceptors (Lipinski definition) is 3. The van der Waals surface area contributed by atoms with Gasteiger partial charge in [0, 0.05) is 11.3 Å². The lowest BCUT2D eigenvalue weighted by atomic mass is 10.0. The Morgan fingerprint density at radius 3 is 2.48 bits per heavy atom. The van der Waals surface area contributed by atoms with Gasteiger partial charge in [-0.1, -0.05) is 18.2 Å². The van der Waals surface area contributed by atoms with Gasteiger partial charge >= 0.3 is 0 Å². The third kappa shape index (κ3) is 5.39. The van der Waals surface area contributed by atoms with Crippen LogP contribution in [0.15, 0.2) is 71.0 Å². The van der Waals surface area contributed by atoms with Crippen LogP contribution < -0.4 is 10.5 Å². The van der Waals surface area contributed by atoms with E-state index in [1.807, 2.05) is 69.4 Å². The van der Waals surface area contributed by atoms with Crippen LogP contribution in [0.5, 0.6) is 5.75 Å². The van der Waals surface area contributed by atoms with E-state index >= 15 is 0 Å². The number of ether oxygens (including phenoxy) is 1. The zero-order valence-electron chi connectivity index (χ0n) is 17.6. The molecule has 1 aliphatic heterocycles. The lowest BCUT2D eigenvalue weighted by Crippen LogP contribution is -2.22. The van der Waals surface area contributed by atoms with E-state index in [9.17, 15) is 0 Å². The van der Waals surface area contributed by atoms with E-state index < -0.39 is 0 Å². The van der Waals surface area contributed by atoms with Gasteiger partial charge in [0.1, 0.15) is 11.4 Å². The summed E-state index contributed by atoms with van der Waals surface area (Å²) in [6.07, 6.45) is 8.72. The molecule has 1 aromatic carbocycles. The van der Waals surface area contributed by atoms with Crippen LogP contribution >= 0.6 is 0 Å². The second-order valence-electron chi connectivity index (χ2n) is 8.15. The average molecular weight is 385 g/mol. The molecule has 5 heteroatoms. The highest BCUT2D eigenvalue weighted by Crippen LogP contribution is 2.31. The molecule has 2 radical (unpaired) electrons. The summed E-state index contributed by atoms with van der Waals surface area (Å²) < 4.78 is 7.49. The van der Waals surface area contributed by atoms with Crippen LogP contribution in [0.4, 0.5) is 0 Å². The number of aliphatic imine (C=N–C) groups is 1. The van der Waals surface area contributed by atoms with Gasteiger partial charge in [0.15, 0.2) is 0 Å². The zero-order valence-corrected chi connectivity index (χ0v) is 17.6. The van der Waals surface area contributed by atoms with Gasteiger partial charge < -0.3 is 14.9 Å². The molecule has 0 amide bonds. The highest BCUT2D eigenvalue weighted by atomic mass is 16.5. The summed E-state index contributed by atoms with van der Waals surface area (Å²) in [5.41, 5.74) is 11.7. The van der Waals surface area contributed by atoms with E-state index in [4.69, 9.17) is 23.4 Å². The average Bonchev–Trinajstić information content (AvgIpc) is 3.23. The monoisotopic (exact) mass is 385 g/mol. The van der Waals surface area contributed by atoms with E-state index in [0.717, 1.165) is 46.0 Å². The molecule has 0 saturated carbocycles. The number of hydrogen-bond donors (Lipinski definition) is 1. The Kier molecular flexibility index (Phi) is 6.28. The maximum absolute atomic E-state index is 6.05. The van der Waals surface area contributed by atoms with E-state index in [-0.39, 0.29) is 5.60 Å². The Labute approximate surface area is 174 Å². The standard InChI is InChI=1S/C24H28BN3O/c1-17-16-19(10-7-18-8-11-20(12-9-18)29-24(2,3)4)27-23(17)21(13-14-26)22-6-5-15-28(22)25/h5-12,15-16H,13-14,26H2,1-4H3/b10-7+,23-21-. The molecule has 0 unspecified atom stereocenters. The van der Waals surface area contributed by atoms with Crippen molar-refractivity contribution in [2.24, 2.45) is 10.7 Å². The van der Waals surface area contributed by atoms with Crippen LogP contribution in [0.2, 0.25) is 0 Å². The van der Waals surface area contributed by atoms with Gasteiger partial charge in [-0.25, -0.2) is 4.99 Å². The number of nitrogens with two attached hydrogens (primary N) is 1. The highest BCUT2D eigenvalue weighted by Gasteiger charge is 2.17. The van der Waals surface area contributed by atoms with Gasteiger partial charge in [0.25, 0.3) is 0 Å². The molecule has 2 aromatic rings. The maximum Gasteiger partial charge on any atom is 0.234 e. The van der Waals surface area contributed by atoms with Crippen molar-refractivity contribution in [2.75, 3.05) is 6.54 Å². The van der Waals surface area contributed by atoms with Crippen molar-refractivity contribution in [3.8, 4) is 5.75 Å². The van der Waals surface area contributed by atoms with Crippen LogP contribution in [0.1, 0.15) is 45.4 Å². The van der Waals surface area contributed by atoms with Crippen molar-refractivity contribution in [1.82, 2.24) is 4.48 Å². The summed E-state index contributed by atoms with van der Waals surface area (Å²) in [5.74, 6) is 0.866. The fourth-order valence-corrected chi connectivity index (χ4v) is 3.27. The third-order valence-corrected chi connectivity index (χ3v) is 4.50. The Morgan fingerprint density at radius 1 is 1.17 bits per heavy atom. The van der Waals surface area contributed by atoms with Crippen molar-refractivity contribution in [3.05, 3.63) is 77.3 Å². The van der Waals surface area contributed by atoms with Gasteiger partial charge in [0.05, 0.1) is 11.4 Å². The predicted molar refractivity (Wildman–Crippen MR) is 123 cm³/mol. The summed E-state index contributed by atoms with van der Waals surface area (Å²) in [5, 5.41) is 0. The number of allylic oxidation sites excluding steroid dienone is 3. The van der Waals surface area contributed by atoms with Gasteiger partial charge in [-0.2, -0.15) is 0 Å². The second kappa shape index (κ2) is 8.70. The van der Waals surface area contributed by atoms with Crippen molar-refractivity contribution < 1.29 is 4.74 Å². The van der Waals surface area contributed by atoms with Crippen LogP contribution in [0.3, 0.4) is 0 Å². The van der Waals surface area contributed by atoms with Gasteiger partial charge in [-0.3, -0.25) is 0 Å². The molecular formula is C24H28BN3O. The molecule has 0 saturated heterocycles.